The maximum Gasteiger partial charge on any atom is 0.159 e. The normalized spacial score (nSPS) is 28.7. The molecule has 84 valence electrons. The smallest absolute Gasteiger partial charge is 0.159 e. The predicted octanol–water partition coefficient (Wildman–Crippen LogP) is 2.50. The molecule has 3 nitrogen and oxygen atoms in total. The van der Waals surface area contributed by atoms with Crippen LogP contribution in [0.15, 0.2) is 18.2 Å². The highest BCUT2D eigenvalue weighted by Crippen LogP contribution is 2.53. The van der Waals surface area contributed by atoms with E-state index in [2.05, 4.69) is 0 Å². The van der Waals surface area contributed by atoms with Crippen LogP contribution in [-0.4, -0.2) is 17.5 Å². The van der Waals surface area contributed by atoms with Crippen molar-refractivity contribution in [1.29, 1.82) is 0 Å². The molecule has 0 aromatic heterocycles. The van der Waals surface area contributed by atoms with Gasteiger partial charge >= 0.3 is 0 Å². The molecule has 2 heterocycles. The Hall–Kier alpha value is -1.35. The summed E-state index contributed by atoms with van der Waals surface area (Å²) in [6.07, 6.45) is 0.308. The summed E-state index contributed by atoms with van der Waals surface area (Å²) in [7, 11) is 0. The summed E-state index contributed by atoms with van der Waals surface area (Å²) < 4.78 is 11.5. The van der Waals surface area contributed by atoms with Gasteiger partial charge < -0.3 is 9.47 Å². The Morgan fingerprint density at radius 3 is 2.81 bits per heavy atom. The van der Waals surface area contributed by atoms with E-state index in [0.29, 0.717) is 5.56 Å². The Morgan fingerprint density at radius 1 is 1.38 bits per heavy atom. The van der Waals surface area contributed by atoms with Gasteiger partial charge in [0.2, 0.25) is 0 Å². The molecule has 0 aliphatic carbocycles. The Morgan fingerprint density at radius 2 is 2.12 bits per heavy atom. The summed E-state index contributed by atoms with van der Waals surface area (Å²) in [6.45, 7) is 5.59. The van der Waals surface area contributed by atoms with Crippen LogP contribution in [0.3, 0.4) is 0 Å². The molecule has 0 bridgehead atoms. The molecule has 0 spiro atoms. The van der Waals surface area contributed by atoms with Crippen molar-refractivity contribution in [2.45, 2.75) is 38.6 Å². The fraction of sp³-hybridized carbons (Fsp3) is 0.462. The second-order valence-electron chi connectivity index (χ2n) is 4.99. The minimum atomic E-state index is -0.299. The van der Waals surface area contributed by atoms with Crippen molar-refractivity contribution in [1.82, 2.24) is 0 Å². The summed E-state index contributed by atoms with van der Waals surface area (Å²) in [5.41, 5.74) is 1.45. The molecule has 1 saturated heterocycles. The minimum Gasteiger partial charge on any atom is -0.485 e. The molecule has 0 radical (unpaired) electrons. The number of hydrogen-bond acceptors (Lipinski definition) is 3. The molecule has 2 atom stereocenters. The van der Waals surface area contributed by atoms with Crippen molar-refractivity contribution in [3.8, 4) is 5.75 Å². The van der Waals surface area contributed by atoms with Crippen molar-refractivity contribution < 1.29 is 14.3 Å². The zero-order chi connectivity index (χ0) is 11.5. The average Bonchev–Trinajstić information content (AvgIpc) is 2.96. The Kier molecular flexibility index (Phi) is 1.76. The molecule has 2 aliphatic heterocycles. The second kappa shape index (κ2) is 2.86. The maximum absolute atomic E-state index is 11.3. The van der Waals surface area contributed by atoms with Crippen molar-refractivity contribution in [2.24, 2.45) is 0 Å². The van der Waals surface area contributed by atoms with E-state index in [1.807, 2.05) is 32.0 Å². The number of carbonyl (C=O) groups excluding carboxylic acids is 1. The molecule has 16 heavy (non-hydrogen) atoms. The van der Waals surface area contributed by atoms with Gasteiger partial charge in [-0.2, -0.15) is 0 Å². The standard InChI is InChI=1S/C13H14O3/c1-7(14)8-4-5-9-10(6-8)16-13(2,3)12-11(9)15-12/h4-6,11-12H,1-3H3/t11-,12-/m1/s1. The summed E-state index contributed by atoms with van der Waals surface area (Å²) in [5, 5.41) is 0. The van der Waals surface area contributed by atoms with Gasteiger partial charge in [-0.15, -0.1) is 0 Å². The number of carbonyl (C=O) groups is 1. The SMILES string of the molecule is CC(=O)c1ccc2c(c1)OC(C)(C)[C@@H]1O[C@H]21. The number of ketones is 1. The molecular formula is C13H14O3. The van der Waals surface area contributed by atoms with Gasteiger partial charge in [0, 0.05) is 11.1 Å². The van der Waals surface area contributed by atoms with Crippen LogP contribution in [0, 0.1) is 0 Å². The lowest BCUT2D eigenvalue weighted by Crippen LogP contribution is -2.37. The van der Waals surface area contributed by atoms with Gasteiger partial charge in [0.1, 0.15) is 23.6 Å². The summed E-state index contributed by atoms with van der Waals surface area (Å²) >= 11 is 0. The first-order chi connectivity index (χ1) is 7.49. The van der Waals surface area contributed by atoms with Gasteiger partial charge in [0.15, 0.2) is 5.78 Å². The molecule has 3 rings (SSSR count). The third-order valence-corrected chi connectivity index (χ3v) is 3.28. The number of Topliss-reactive ketones (excluding diaryl/α,β-unsaturated/α-hetero) is 1. The molecule has 0 saturated carbocycles. The van der Waals surface area contributed by atoms with Gasteiger partial charge in [-0.1, -0.05) is 12.1 Å². The molecular weight excluding hydrogens is 204 g/mol. The Balaban J connectivity index is 2.07. The van der Waals surface area contributed by atoms with Crippen LogP contribution in [0.4, 0.5) is 0 Å². The zero-order valence-corrected chi connectivity index (χ0v) is 9.61. The fourth-order valence-corrected chi connectivity index (χ4v) is 2.30. The van der Waals surface area contributed by atoms with Crippen molar-refractivity contribution in [3.05, 3.63) is 29.3 Å². The highest BCUT2D eigenvalue weighted by Gasteiger charge is 2.56. The topological polar surface area (TPSA) is 38.8 Å². The van der Waals surface area contributed by atoms with E-state index < -0.39 is 0 Å². The summed E-state index contributed by atoms with van der Waals surface area (Å²) in [6, 6.07) is 5.59. The molecule has 1 aromatic carbocycles. The minimum absolute atomic E-state index is 0.0584. The molecule has 1 fully saturated rings. The highest BCUT2D eigenvalue weighted by atomic mass is 16.6. The van der Waals surface area contributed by atoms with Gasteiger partial charge in [-0.3, -0.25) is 4.79 Å². The molecule has 0 N–H and O–H groups in total. The van der Waals surface area contributed by atoms with Gasteiger partial charge in [0.05, 0.1) is 0 Å². The van der Waals surface area contributed by atoms with Crippen molar-refractivity contribution in [2.75, 3.05) is 0 Å². The lowest BCUT2D eigenvalue weighted by molar-refractivity contribution is 0.0722. The first-order valence-corrected chi connectivity index (χ1v) is 5.48. The Labute approximate surface area is 94.4 Å². The van der Waals surface area contributed by atoms with Crippen LogP contribution in [0.25, 0.3) is 0 Å². The third kappa shape index (κ3) is 1.28. The molecule has 3 heteroatoms. The second-order valence-corrected chi connectivity index (χ2v) is 4.99. The summed E-state index contributed by atoms with van der Waals surface area (Å²) in [5.74, 6) is 0.847. The van der Waals surface area contributed by atoms with Crippen LogP contribution < -0.4 is 4.74 Å². The fourth-order valence-electron chi connectivity index (χ4n) is 2.30. The van der Waals surface area contributed by atoms with Crippen LogP contribution in [0.1, 0.15) is 42.8 Å². The largest absolute Gasteiger partial charge is 0.485 e. The lowest BCUT2D eigenvalue weighted by Gasteiger charge is -2.29. The number of benzene rings is 1. The monoisotopic (exact) mass is 218 g/mol. The molecule has 1 aromatic rings. The van der Waals surface area contributed by atoms with Gasteiger partial charge in [-0.05, 0) is 26.8 Å². The molecule has 2 aliphatic rings. The number of ether oxygens (including phenoxy) is 2. The van der Waals surface area contributed by atoms with E-state index in [9.17, 15) is 4.79 Å². The van der Waals surface area contributed by atoms with Crippen molar-refractivity contribution in [3.63, 3.8) is 0 Å². The van der Waals surface area contributed by atoms with E-state index in [-0.39, 0.29) is 23.6 Å². The van der Waals surface area contributed by atoms with Crippen LogP contribution in [0.5, 0.6) is 5.75 Å². The summed E-state index contributed by atoms with van der Waals surface area (Å²) in [4.78, 5) is 11.3. The van der Waals surface area contributed by atoms with Gasteiger partial charge in [0.25, 0.3) is 0 Å². The molecule has 0 amide bonds. The first kappa shape index (κ1) is 9.85. The Bertz CT molecular complexity index is 476. The average molecular weight is 218 g/mol. The van der Waals surface area contributed by atoms with E-state index in [0.717, 1.165) is 11.3 Å². The quantitative estimate of drug-likeness (QED) is 0.537. The lowest BCUT2D eigenvalue weighted by atomic mass is 9.93. The van der Waals surface area contributed by atoms with E-state index >= 15 is 0 Å². The zero-order valence-electron chi connectivity index (χ0n) is 9.61. The predicted molar refractivity (Wildman–Crippen MR) is 58.8 cm³/mol. The highest BCUT2D eigenvalue weighted by molar-refractivity contribution is 5.94. The van der Waals surface area contributed by atoms with Crippen LogP contribution >= 0.6 is 0 Å². The number of hydrogen-bond donors (Lipinski definition) is 0. The molecule has 0 unspecified atom stereocenters. The maximum atomic E-state index is 11.3. The van der Waals surface area contributed by atoms with Crippen molar-refractivity contribution >= 4 is 5.78 Å². The first-order valence-electron chi connectivity index (χ1n) is 5.48. The number of epoxide rings is 1. The van der Waals surface area contributed by atoms with E-state index in [1.54, 1.807) is 6.92 Å². The van der Waals surface area contributed by atoms with E-state index in [1.165, 1.54) is 0 Å². The number of fused-ring (bicyclic) bond motifs is 3. The number of rotatable bonds is 1. The van der Waals surface area contributed by atoms with Gasteiger partial charge in [-0.25, -0.2) is 0 Å². The van der Waals surface area contributed by atoms with Crippen LogP contribution in [-0.2, 0) is 4.74 Å². The van der Waals surface area contributed by atoms with Crippen LogP contribution in [0.2, 0.25) is 0 Å². The third-order valence-electron chi connectivity index (χ3n) is 3.28. The van der Waals surface area contributed by atoms with E-state index in [4.69, 9.17) is 9.47 Å².